The summed E-state index contributed by atoms with van der Waals surface area (Å²) in [7, 11) is 1.61. The molecule has 1 fully saturated rings. The molecule has 0 aromatic heterocycles. The van der Waals surface area contributed by atoms with Crippen molar-refractivity contribution in [3.8, 4) is 17.2 Å². The first-order chi connectivity index (χ1) is 14.6. The summed E-state index contributed by atoms with van der Waals surface area (Å²) in [5, 5.41) is 2.96. The van der Waals surface area contributed by atoms with Crippen LogP contribution in [0.3, 0.4) is 0 Å². The highest BCUT2D eigenvalue weighted by atomic mass is 16.5. The van der Waals surface area contributed by atoms with E-state index in [-0.39, 0.29) is 12.0 Å². The molecule has 1 amide bonds. The third-order valence-electron chi connectivity index (χ3n) is 5.46. The minimum atomic E-state index is -0.204. The van der Waals surface area contributed by atoms with Gasteiger partial charge in [0.1, 0.15) is 12.4 Å². The van der Waals surface area contributed by atoms with Gasteiger partial charge in [-0.25, -0.2) is 0 Å². The van der Waals surface area contributed by atoms with Crippen LogP contribution in [0.15, 0.2) is 42.5 Å². The maximum atomic E-state index is 12.9. The molecule has 0 radical (unpaired) electrons. The molecule has 3 rings (SSSR count). The number of amides is 1. The van der Waals surface area contributed by atoms with Crippen molar-refractivity contribution >= 4 is 11.6 Å². The fourth-order valence-electron chi connectivity index (χ4n) is 3.32. The fourth-order valence-corrected chi connectivity index (χ4v) is 3.32. The lowest BCUT2D eigenvalue weighted by Crippen LogP contribution is -2.28. The molecule has 0 saturated heterocycles. The number of nitrogens with zero attached hydrogens (tertiary/aromatic N) is 1. The number of carbonyl (C=O) groups is 1. The third kappa shape index (κ3) is 5.66. The SMILES string of the molecule is CCN(CC)CCOc1cc(NC(=O)c2ccccc2OC2CCC2)ccc1OC. The number of methoxy groups -OCH3 is 1. The monoisotopic (exact) mass is 412 g/mol. The number of anilines is 1. The van der Waals surface area contributed by atoms with E-state index < -0.39 is 0 Å². The highest BCUT2D eigenvalue weighted by Gasteiger charge is 2.22. The molecule has 0 spiro atoms. The quantitative estimate of drug-likeness (QED) is 0.585. The van der Waals surface area contributed by atoms with Gasteiger partial charge >= 0.3 is 0 Å². The van der Waals surface area contributed by atoms with Crippen LogP contribution in [0, 0.1) is 0 Å². The number of carbonyl (C=O) groups excluding carboxylic acids is 1. The molecule has 0 bridgehead atoms. The van der Waals surface area contributed by atoms with E-state index in [1.807, 2.05) is 24.3 Å². The largest absolute Gasteiger partial charge is 0.493 e. The first-order valence-corrected chi connectivity index (χ1v) is 10.7. The number of benzene rings is 2. The van der Waals surface area contributed by atoms with E-state index in [0.29, 0.717) is 35.1 Å². The summed E-state index contributed by atoms with van der Waals surface area (Å²) in [6.45, 7) is 7.61. The molecule has 0 heterocycles. The molecule has 162 valence electrons. The van der Waals surface area contributed by atoms with Crippen LogP contribution in [-0.2, 0) is 0 Å². The van der Waals surface area contributed by atoms with Crippen LogP contribution in [0.25, 0.3) is 0 Å². The average molecular weight is 413 g/mol. The van der Waals surface area contributed by atoms with Crippen molar-refractivity contribution in [3.05, 3.63) is 48.0 Å². The molecule has 2 aromatic carbocycles. The predicted molar refractivity (Wildman–Crippen MR) is 119 cm³/mol. The normalized spacial score (nSPS) is 13.6. The van der Waals surface area contributed by atoms with Crippen LogP contribution in [0.4, 0.5) is 5.69 Å². The van der Waals surface area contributed by atoms with E-state index in [9.17, 15) is 4.79 Å². The Balaban J connectivity index is 1.68. The van der Waals surface area contributed by atoms with Crippen molar-refractivity contribution < 1.29 is 19.0 Å². The Kier molecular flexibility index (Phi) is 7.97. The molecule has 2 aromatic rings. The zero-order chi connectivity index (χ0) is 21.3. The van der Waals surface area contributed by atoms with Crippen LogP contribution in [0.1, 0.15) is 43.5 Å². The van der Waals surface area contributed by atoms with Crippen molar-refractivity contribution in [2.75, 3.05) is 38.7 Å². The minimum absolute atomic E-state index is 0.204. The zero-order valence-electron chi connectivity index (χ0n) is 18.1. The minimum Gasteiger partial charge on any atom is -0.493 e. The molecule has 0 atom stereocenters. The molecule has 1 aliphatic rings. The second-order valence-electron chi connectivity index (χ2n) is 7.36. The standard InChI is InChI=1S/C24H32N2O4/c1-4-26(5-2)15-16-29-23-17-18(13-14-22(23)28-3)25-24(27)20-11-6-7-12-21(20)30-19-9-8-10-19/h6-7,11-14,17,19H,4-5,8-10,15-16H2,1-3H3,(H,25,27). The summed E-state index contributed by atoms with van der Waals surface area (Å²) in [6, 6.07) is 12.8. The smallest absolute Gasteiger partial charge is 0.259 e. The van der Waals surface area contributed by atoms with Gasteiger partial charge < -0.3 is 24.4 Å². The second-order valence-corrected chi connectivity index (χ2v) is 7.36. The number of ether oxygens (including phenoxy) is 3. The van der Waals surface area contributed by atoms with Crippen molar-refractivity contribution in [3.63, 3.8) is 0 Å². The van der Waals surface area contributed by atoms with Crippen LogP contribution in [-0.4, -0.2) is 50.3 Å². The lowest BCUT2D eigenvalue weighted by atomic mass is 9.96. The molecular formula is C24H32N2O4. The van der Waals surface area contributed by atoms with Gasteiger partial charge in [-0.2, -0.15) is 0 Å². The Bertz CT molecular complexity index is 832. The van der Waals surface area contributed by atoms with Crippen molar-refractivity contribution in [2.45, 2.75) is 39.2 Å². The molecule has 6 heteroatoms. The van der Waals surface area contributed by atoms with Gasteiger partial charge in [0.2, 0.25) is 0 Å². The number of nitrogens with one attached hydrogen (secondary N) is 1. The van der Waals surface area contributed by atoms with E-state index in [1.165, 1.54) is 6.42 Å². The van der Waals surface area contributed by atoms with Gasteiger partial charge in [-0.15, -0.1) is 0 Å². The number of hydrogen-bond donors (Lipinski definition) is 1. The summed E-state index contributed by atoms with van der Waals surface area (Å²) in [5.41, 5.74) is 1.18. The average Bonchev–Trinajstić information content (AvgIpc) is 2.74. The number of hydrogen-bond acceptors (Lipinski definition) is 5. The van der Waals surface area contributed by atoms with Crippen LogP contribution in [0.2, 0.25) is 0 Å². The Morgan fingerprint density at radius 2 is 1.83 bits per heavy atom. The van der Waals surface area contributed by atoms with Crippen molar-refractivity contribution in [1.29, 1.82) is 0 Å². The van der Waals surface area contributed by atoms with Gasteiger partial charge in [-0.05, 0) is 56.6 Å². The third-order valence-corrected chi connectivity index (χ3v) is 5.46. The van der Waals surface area contributed by atoms with Gasteiger partial charge in [0, 0.05) is 18.3 Å². The molecule has 1 aliphatic carbocycles. The second kappa shape index (κ2) is 10.9. The maximum Gasteiger partial charge on any atom is 0.259 e. The van der Waals surface area contributed by atoms with Crippen LogP contribution >= 0.6 is 0 Å². The van der Waals surface area contributed by atoms with Gasteiger partial charge in [-0.1, -0.05) is 26.0 Å². The summed E-state index contributed by atoms with van der Waals surface area (Å²) >= 11 is 0. The molecular weight excluding hydrogens is 380 g/mol. The van der Waals surface area contributed by atoms with E-state index in [4.69, 9.17) is 14.2 Å². The summed E-state index contributed by atoms with van der Waals surface area (Å²) in [6.07, 6.45) is 3.48. The van der Waals surface area contributed by atoms with E-state index in [1.54, 1.807) is 25.3 Å². The van der Waals surface area contributed by atoms with Gasteiger partial charge in [0.25, 0.3) is 5.91 Å². The lowest BCUT2D eigenvalue weighted by Gasteiger charge is -2.27. The Hall–Kier alpha value is -2.73. The van der Waals surface area contributed by atoms with E-state index in [0.717, 1.165) is 32.5 Å². The van der Waals surface area contributed by atoms with E-state index >= 15 is 0 Å². The topological polar surface area (TPSA) is 60.0 Å². The van der Waals surface area contributed by atoms with Gasteiger partial charge in [0.15, 0.2) is 11.5 Å². The Labute approximate surface area is 179 Å². The molecule has 30 heavy (non-hydrogen) atoms. The highest BCUT2D eigenvalue weighted by Crippen LogP contribution is 2.31. The molecule has 1 saturated carbocycles. The number of para-hydroxylation sites is 1. The summed E-state index contributed by atoms with van der Waals surface area (Å²) in [5.74, 6) is 1.68. The lowest BCUT2D eigenvalue weighted by molar-refractivity contribution is 0.0992. The molecule has 6 nitrogen and oxygen atoms in total. The van der Waals surface area contributed by atoms with Crippen LogP contribution in [0.5, 0.6) is 17.2 Å². The predicted octanol–water partition coefficient (Wildman–Crippen LogP) is 4.60. The van der Waals surface area contributed by atoms with Crippen LogP contribution < -0.4 is 19.5 Å². The Morgan fingerprint density at radius 3 is 2.50 bits per heavy atom. The zero-order valence-corrected chi connectivity index (χ0v) is 18.1. The van der Waals surface area contributed by atoms with E-state index in [2.05, 4.69) is 24.1 Å². The first-order valence-electron chi connectivity index (χ1n) is 10.7. The molecule has 1 N–H and O–H groups in total. The molecule has 0 aliphatic heterocycles. The number of rotatable bonds is 11. The Morgan fingerprint density at radius 1 is 1.07 bits per heavy atom. The van der Waals surface area contributed by atoms with Crippen molar-refractivity contribution in [1.82, 2.24) is 4.90 Å². The fraction of sp³-hybridized carbons (Fsp3) is 0.458. The van der Waals surface area contributed by atoms with Crippen molar-refractivity contribution in [2.24, 2.45) is 0 Å². The van der Waals surface area contributed by atoms with Gasteiger partial charge in [-0.3, -0.25) is 4.79 Å². The molecule has 0 unspecified atom stereocenters. The highest BCUT2D eigenvalue weighted by molar-refractivity contribution is 6.06. The first kappa shape index (κ1) is 22.0. The van der Waals surface area contributed by atoms with Gasteiger partial charge in [0.05, 0.1) is 18.8 Å². The summed E-state index contributed by atoms with van der Waals surface area (Å²) < 4.78 is 17.3. The number of likely N-dealkylation sites (N-methyl/N-ethyl adjacent to an activating group) is 1. The summed E-state index contributed by atoms with van der Waals surface area (Å²) in [4.78, 5) is 15.2. The maximum absolute atomic E-state index is 12.9.